The minimum Gasteiger partial charge on any atom is -0.488 e. The standard InChI is InChI=1S/C15H19NO3/c1-10(15(17)18)12-7-16(8-12)9-13-6-11-4-2-3-5-14(11)19-13/h2-5,10,12-13H,6-9H2,1H3,(H,17,18). The highest BCUT2D eigenvalue weighted by atomic mass is 16.5. The van der Waals surface area contributed by atoms with Crippen LogP contribution in [-0.4, -0.2) is 41.7 Å². The first kappa shape index (κ1) is 12.5. The van der Waals surface area contributed by atoms with E-state index in [1.165, 1.54) is 5.56 Å². The van der Waals surface area contributed by atoms with E-state index in [0.29, 0.717) is 5.92 Å². The SMILES string of the molecule is CC(C(=O)O)C1CN(CC2Cc3ccccc3O2)C1. The Morgan fingerprint density at radius 1 is 1.47 bits per heavy atom. The monoisotopic (exact) mass is 261 g/mol. The Balaban J connectivity index is 1.47. The fourth-order valence-electron chi connectivity index (χ4n) is 2.92. The van der Waals surface area contributed by atoms with Crippen LogP contribution in [0.2, 0.25) is 0 Å². The van der Waals surface area contributed by atoms with Gasteiger partial charge in [-0.2, -0.15) is 0 Å². The normalized spacial score (nSPS) is 24.4. The van der Waals surface area contributed by atoms with E-state index in [2.05, 4.69) is 11.0 Å². The first-order chi connectivity index (χ1) is 9.13. The summed E-state index contributed by atoms with van der Waals surface area (Å²) in [5.74, 6) is 0.372. The average Bonchev–Trinajstić information content (AvgIpc) is 2.74. The van der Waals surface area contributed by atoms with Crippen LogP contribution in [0.4, 0.5) is 0 Å². The summed E-state index contributed by atoms with van der Waals surface area (Å²) >= 11 is 0. The van der Waals surface area contributed by atoms with Crippen molar-refractivity contribution in [2.45, 2.75) is 19.4 Å². The molecule has 0 aliphatic carbocycles. The number of para-hydroxylation sites is 1. The highest BCUT2D eigenvalue weighted by Gasteiger charge is 2.36. The molecule has 2 aliphatic heterocycles. The second-order valence-electron chi connectivity index (χ2n) is 5.66. The summed E-state index contributed by atoms with van der Waals surface area (Å²) in [4.78, 5) is 13.2. The number of benzene rings is 1. The first-order valence-electron chi connectivity index (χ1n) is 6.83. The lowest BCUT2D eigenvalue weighted by Gasteiger charge is -2.42. The summed E-state index contributed by atoms with van der Waals surface area (Å²) in [7, 11) is 0. The second kappa shape index (κ2) is 4.85. The Morgan fingerprint density at radius 3 is 2.89 bits per heavy atom. The molecule has 1 aromatic rings. The maximum Gasteiger partial charge on any atom is 0.306 e. The number of ether oxygens (including phenoxy) is 1. The van der Waals surface area contributed by atoms with Gasteiger partial charge in [-0.15, -0.1) is 0 Å². The molecule has 2 aliphatic rings. The van der Waals surface area contributed by atoms with Gasteiger partial charge in [0.1, 0.15) is 11.9 Å². The number of rotatable bonds is 4. The summed E-state index contributed by atoms with van der Waals surface area (Å²) < 4.78 is 5.90. The van der Waals surface area contributed by atoms with Crippen LogP contribution in [0, 0.1) is 11.8 Å². The first-order valence-corrected chi connectivity index (χ1v) is 6.83. The zero-order valence-corrected chi connectivity index (χ0v) is 11.1. The van der Waals surface area contributed by atoms with Crippen LogP contribution in [0.25, 0.3) is 0 Å². The molecule has 1 N–H and O–H groups in total. The summed E-state index contributed by atoms with van der Waals surface area (Å²) in [5.41, 5.74) is 1.28. The number of carbonyl (C=O) groups is 1. The highest BCUT2D eigenvalue weighted by Crippen LogP contribution is 2.30. The molecule has 0 saturated carbocycles. The number of carboxylic acid groups (broad SMARTS) is 1. The minimum atomic E-state index is -0.686. The van der Waals surface area contributed by atoms with Crippen molar-refractivity contribution in [2.75, 3.05) is 19.6 Å². The smallest absolute Gasteiger partial charge is 0.306 e. The van der Waals surface area contributed by atoms with Crippen molar-refractivity contribution < 1.29 is 14.6 Å². The molecule has 2 atom stereocenters. The number of nitrogens with zero attached hydrogens (tertiary/aromatic N) is 1. The molecule has 102 valence electrons. The molecular formula is C15H19NO3. The molecule has 0 amide bonds. The van der Waals surface area contributed by atoms with Crippen LogP contribution < -0.4 is 4.74 Å². The van der Waals surface area contributed by atoms with Gasteiger partial charge >= 0.3 is 5.97 Å². The van der Waals surface area contributed by atoms with Crippen molar-refractivity contribution in [3.8, 4) is 5.75 Å². The van der Waals surface area contributed by atoms with E-state index in [1.807, 2.05) is 18.2 Å². The van der Waals surface area contributed by atoms with Crippen LogP contribution in [0.5, 0.6) is 5.75 Å². The number of carboxylic acids is 1. The predicted molar refractivity (Wildman–Crippen MR) is 71.3 cm³/mol. The van der Waals surface area contributed by atoms with Gasteiger partial charge in [0.2, 0.25) is 0 Å². The van der Waals surface area contributed by atoms with Crippen LogP contribution in [0.1, 0.15) is 12.5 Å². The maximum absolute atomic E-state index is 10.9. The van der Waals surface area contributed by atoms with E-state index in [9.17, 15) is 4.79 Å². The van der Waals surface area contributed by atoms with E-state index < -0.39 is 5.97 Å². The lowest BCUT2D eigenvalue weighted by atomic mass is 9.87. The largest absolute Gasteiger partial charge is 0.488 e. The number of hydrogen-bond acceptors (Lipinski definition) is 3. The number of fused-ring (bicyclic) bond motifs is 1. The van der Waals surface area contributed by atoms with Crippen molar-refractivity contribution in [3.05, 3.63) is 29.8 Å². The summed E-state index contributed by atoms with van der Waals surface area (Å²) in [6, 6.07) is 8.16. The number of likely N-dealkylation sites (tertiary alicyclic amines) is 1. The fraction of sp³-hybridized carbons (Fsp3) is 0.533. The molecule has 0 spiro atoms. The van der Waals surface area contributed by atoms with Gasteiger partial charge in [-0.1, -0.05) is 25.1 Å². The molecular weight excluding hydrogens is 242 g/mol. The Kier molecular flexibility index (Phi) is 3.19. The van der Waals surface area contributed by atoms with E-state index in [-0.39, 0.29) is 12.0 Å². The molecule has 19 heavy (non-hydrogen) atoms. The van der Waals surface area contributed by atoms with Crippen LogP contribution in [0.15, 0.2) is 24.3 Å². The van der Waals surface area contributed by atoms with Gasteiger partial charge < -0.3 is 9.84 Å². The summed E-state index contributed by atoms with van der Waals surface area (Å²) in [6.45, 7) is 4.46. The number of aliphatic carboxylic acids is 1. The highest BCUT2D eigenvalue weighted by molar-refractivity contribution is 5.70. The quantitative estimate of drug-likeness (QED) is 0.895. The predicted octanol–water partition coefficient (Wildman–Crippen LogP) is 1.64. The molecule has 0 radical (unpaired) electrons. The Labute approximate surface area is 113 Å². The molecule has 2 unspecified atom stereocenters. The third-order valence-electron chi connectivity index (χ3n) is 4.26. The Bertz CT molecular complexity index is 457. The van der Waals surface area contributed by atoms with Crippen molar-refractivity contribution >= 4 is 5.97 Å². The molecule has 2 heterocycles. The van der Waals surface area contributed by atoms with Crippen molar-refractivity contribution in [2.24, 2.45) is 11.8 Å². The molecule has 0 aromatic heterocycles. The molecule has 4 nitrogen and oxygen atoms in total. The number of hydrogen-bond donors (Lipinski definition) is 1. The van der Waals surface area contributed by atoms with Gasteiger partial charge in [0, 0.05) is 26.1 Å². The van der Waals surface area contributed by atoms with Gasteiger partial charge in [-0.05, 0) is 17.5 Å². The van der Waals surface area contributed by atoms with Crippen molar-refractivity contribution in [3.63, 3.8) is 0 Å². The van der Waals surface area contributed by atoms with Crippen molar-refractivity contribution in [1.82, 2.24) is 4.90 Å². The van der Waals surface area contributed by atoms with E-state index in [1.54, 1.807) is 6.92 Å². The van der Waals surface area contributed by atoms with E-state index in [0.717, 1.165) is 31.8 Å². The average molecular weight is 261 g/mol. The Morgan fingerprint density at radius 2 is 2.21 bits per heavy atom. The third kappa shape index (κ3) is 2.45. The molecule has 1 saturated heterocycles. The summed E-state index contributed by atoms with van der Waals surface area (Å²) in [6.07, 6.45) is 1.18. The zero-order chi connectivity index (χ0) is 13.4. The van der Waals surface area contributed by atoms with E-state index in [4.69, 9.17) is 9.84 Å². The van der Waals surface area contributed by atoms with Gasteiger partial charge in [-0.3, -0.25) is 9.69 Å². The van der Waals surface area contributed by atoms with Gasteiger partial charge in [-0.25, -0.2) is 0 Å². The summed E-state index contributed by atoms with van der Waals surface area (Å²) in [5, 5.41) is 8.96. The van der Waals surface area contributed by atoms with E-state index >= 15 is 0 Å². The lowest BCUT2D eigenvalue weighted by molar-refractivity contribution is -0.145. The van der Waals surface area contributed by atoms with Gasteiger partial charge in [0.25, 0.3) is 0 Å². The van der Waals surface area contributed by atoms with Gasteiger partial charge in [0.05, 0.1) is 5.92 Å². The minimum absolute atomic E-state index is 0.221. The Hall–Kier alpha value is -1.55. The third-order valence-corrected chi connectivity index (χ3v) is 4.26. The van der Waals surface area contributed by atoms with Crippen LogP contribution in [0.3, 0.4) is 0 Å². The molecule has 1 fully saturated rings. The van der Waals surface area contributed by atoms with Crippen LogP contribution >= 0.6 is 0 Å². The fourth-order valence-corrected chi connectivity index (χ4v) is 2.92. The van der Waals surface area contributed by atoms with Crippen LogP contribution in [-0.2, 0) is 11.2 Å². The second-order valence-corrected chi connectivity index (χ2v) is 5.66. The zero-order valence-electron chi connectivity index (χ0n) is 11.1. The van der Waals surface area contributed by atoms with Gasteiger partial charge in [0.15, 0.2) is 0 Å². The molecule has 3 rings (SSSR count). The lowest BCUT2D eigenvalue weighted by Crippen LogP contribution is -2.53. The van der Waals surface area contributed by atoms with Crippen molar-refractivity contribution in [1.29, 1.82) is 0 Å². The molecule has 0 bridgehead atoms. The molecule has 4 heteroatoms. The topological polar surface area (TPSA) is 49.8 Å². The maximum atomic E-state index is 10.9. The molecule has 1 aromatic carbocycles.